The quantitative estimate of drug-likeness (QED) is 0.824. The van der Waals surface area contributed by atoms with Gasteiger partial charge in [-0.05, 0) is 18.5 Å². The van der Waals surface area contributed by atoms with E-state index in [4.69, 9.17) is 5.73 Å². The van der Waals surface area contributed by atoms with E-state index in [1.54, 1.807) is 0 Å². The highest BCUT2D eigenvalue weighted by atomic mass is 32.1. The molecule has 0 radical (unpaired) electrons. The first kappa shape index (κ1) is 13.9. The molecule has 2 aromatic rings. The molecule has 0 aliphatic rings. The molecule has 100 valence electrons. The molecule has 0 saturated carbocycles. The van der Waals surface area contributed by atoms with Gasteiger partial charge in [-0.3, -0.25) is 4.79 Å². The third-order valence-corrected chi connectivity index (χ3v) is 3.81. The van der Waals surface area contributed by atoms with Gasteiger partial charge in [-0.25, -0.2) is 4.98 Å². The number of rotatable bonds is 6. The molecular formula is C15H18N2OS. The Morgan fingerprint density at radius 2 is 2.00 bits per heavy atom. The lowest BCUT2D eigenvalue weighted by atomic mass is 10.0. The molecule has 2 rings (SSSR count). The lowest BCUT2D eigenvalue weighted by Gasteiger charge is -2.01. The van der Waals surface area contributed by atoms with E-state index in [9.17, 15) is 4.79 Å². The molecule has 0 bridgehead atoms. The molecule has 1 aromatic carbocycles. The van der Waals surface area contributed by atoms with Crippen LogP contribution in [0.4, 0.5) is 0 Å². The van der Waals surface area contributed by atoms with Crippen LogP contribution in [0.25, 0.3) is 0 Å². The van der Waals surface area contributed by atoms with Crippen molar-refractivity contribution in [2.24, 2.45) is 5.73 Å². The van der Waals surface area contributed by atoms with Gasteiger partial charge < -0.3 is 5.73 Å². The van der Waals surface area contributed by atoms with Crippen LogP contribution >= 0.6 is 11.3 Å². The number of aryl methyl sites for hydroxylation is 1. The van der Waals surface area contributed by atoms with Gasteiger partial charge in [0.2, 0.25) is 5.78 Å². The Kier molecular flexibility index (Phi) is 4.82. The molecule has 0 aliphatic heterocycles. The molecule has 0 aliphatic carbocycles. The first-order chi connectivity index (χ1) is 9.24. The average molecular weight is 274 g/mol. The fourth-order valence-electron chi connectivity index (χ4n) is 1.91. The molecule has 0 fully saturated rings. The zero-order valence-corrected chi connectivity index (χ0v) is 11.9. The third kappa shape index (κ3) is 3.49. The minimum atomic E-state index is -0.0115. The molecule has 0 spiro atoms. The lowest BCUT2D eigenvalue weighted by molar-refractivity contribution is 0.103. The molecular weight excluding hydrogens is 256 g/mol. The van der Waals surface area contributed by atoms with Crippen LogP contribution < -0.4 is 5.73 Å². The van der Waals surface area contributed by atoms with Gasteiger partial charge in [-0.1, -0.05) is 37.6 Å². The molecule has 0 saturated heterocycles. The number of hydrogen-bond acceptors (Lipinski definition) is 4. The van der Waals surface area contributed by atoms with E-state index < -0.39 is 0 Å². The number of nitrogens with two attached hydrogens (primary N) is 1. The van der Waals surface area contributed by atoms with Crippen molar-refractivity contribution >= 4 is 17.1 Å². The van der Waals surface area contributed by atoms with E-state index in [1.807, 2.05) is 29.6 Å². The van der Waals surface area contributed by atoms with Crippen molar-refractivity contribution in [1.82, 2.24) is 4.98 Å². The number of carbonyl (C=O) groups is 1. The monoisotopic (exact) mass is 274 g/mol. The molecule has 3 nitrogen and oxygen atoms in total. The Hall–Kier alpha value is -1.52. The fraction of sp³-hybridized carbons (Fsp3) is 0.333. The zero-order chi connectivity index (χ0) is 13.7. The van der Waals surface area contributed by atoms with Gasteiger partial charge in [0.1, 0.15) is 5.69 Å². The molecule has 4 heteroatoms. The predicted molar refractivity (Wildman–Crippen MR) is 78.7 cm³/mol. The van der Waals surface area contributed by atoms with Crippen LogP contribution in [0.3, 0.4) is 0 Å². The highest BCUT2D eigenvalue weighted by Crippen LogP contribution is 2.15. The second-order valence-corrected chi connectivity index (χ2v) is 5.38. The minimum absolute atomic E-state index is 0.0115. The van der Waals surface area contributed by atoms with Crippen LogP contribution in [0.2, 0.25) is 0 Å². The van der Waals surface area contributed by atoms with E-state index in [0.717, 1.165) is 24.3 Å². The number of benzene rings is 1. The van der Waals surface area contributed by atoms with Crippen LogP contribution in [0, 0.1) is 0 Å². The second kappa shape index (κ2) is 6.59. The maximum Gasteiger partial charge on any atom is 0.212 e. The summed E-state index contributed by atoms with van der Waals surface area (Å²) in [6, 6.07) is 7.80. The summed E-state index contributed by atoms with van der Waals surface area (Å²) in [5.41, 5.74) is 7.97. The maximum absolute atomic E-state index is 12.2. The smallest absolute Gasteiger partial charge is 0.212 e. The Bertz CT molecular complexity index is 546. The van der Waals surface area contributed by atoms with Crippen molar-refractivity contribution in [3.63, 3.8) is 0 Å². The van der Waals surface area contributed by atoms with Gasteiger partial charge in [0.25, 0.3) is 0 Å². The van der Waals surface area contributed by atoms with Crippen molar-refractivity contribution in [3.05, 3.63) is 51.5 Å². The summed E-state index contributed by atoms with van der Waals surface area (Å²) in [5, 5.41) is 2.74. The summed E-state index contributed by atoms with van der Waals surface area (Å²) in [5.74, 6) is -0.0115. The van der Waals surface area contributed by atoms with E-state index in [-0.39, 0.29) is 5.78 Å². The van der Waals surface area contributed by atoms with E-state index >= 15 is 0 Å². The zero-order valence-electron chi connectivity index (χ0n) is 11.1. The molecule has 0 unspecified atom stereocenters. The summed E-state index contributed by atoms with van der Waals surface area (Å²) in [6.45, 7) is 2.71. The number of nitrogens with zero attached hydrogens (tertiary/aromatic N) is 1. The van der Waals surface area contributed by atoms with Crippen LogP contribution in [0.15, 0.2) is 29.6 Å². The van der Waals surface area contributed by atoms with Gasteiger partial charge in [0.15, 0.2) is 0 Å². The lowest BCUT2D eigenvalue weighted by Crippen LogP contribution is -2.05. The van der Waals surface area contributed by atoms with E-state index in [1.165, 1.54) is 16.9 Å². The van der Waals surface area contributed by atoms with Crippen LogP contribution in [0.1, 0.15) is 40.0 Å². The molecule has 0 atom stereocenters. The summed E-state index contributed by atoms with van der Waals surface area (Å²) in [7, 11) is 0. The maximum atomic E-state index is 12.2. The normalized spacial score (nSPS) is 10.6. The predicted octanol–water partition coefficient (Wildman–Crippen LogP) is 2.83. The number of hydrogen-bond donors (Lipinski definition) is 1. The van der Waals surface area contributed by atoms with E-state index in [0.29, 0.717) is 17.8 Å². The molecule has 2 N–H and O–H groups in total. The van der Waals surface area contributed by atoms with Crippen molar-refractivity contribution in [3.8, 4) is 0 Å². The summed E-state index contributed by atoms with van der Waals surface area (Å²) in [6.07, 6.45) is 2.89. The van der Waals surface area contributed by atoms with Crippen LogP contribution in [-0.4, -0.2) is 17.3 Å². The first-order valence-corrected chi connectivity index (χ1v) is 7.40. The average Bonchev–Trinajstić information content (AvgIpc) is 2.88. The van der Waals surface area contributed by atoms with E-state index in [2.05, 4.69) is 11.9 Å². The fourth-order valence-corrected chi connectivity index (χ4v) is 2.71. The van der Waals surface area contributed by atoms with Crippen molar-refractivity contribution < 1.29 is 4.79 Å². The summed E-state index contributed by atoms with van der Waals surface area (Å²) in [4.78, 5) is 16.6. The van der Waals surface area contributed by atoms with Crippen LogP contribution in [-0.2, 0) is 12.8 Å². The number of ketones is 1. The molecule has 0 amide bonds. The molecule has 1 heterocycles. The standard InChI is InChI=1S/C15H18N2OS/c1-2-3-11-4-6-12(7-5-11)15(18)13-10-19-14(17-13)8-9-16/h4-7,10H,2-3,8-9,16H2,1H3. The molecule has 19 heavy (non-hydrogen) atoms. The van der Waals surface area contributed by atoms with Crippen molar-refractivity contribution in [2.75, 3.05) is 6.54 Å². The van der Waals surface area contributed by atoms with Gasteiger partial charge >= 0.3 is 0 Å². The van der Waals surface area contributed by atoms with Gasteiger partial charge in [0.05, 0.1) is 5.01 Å². The van der Waals surface area contributed by atoms with Crippen LogP contribution in [0.5, 0.6) is 0 Å². The Morgan fingerprint density at radius 3 is 2.63 bits per heavy atom. The Labute approximate surface area is 117 Å². The number of thiazole rings is 1. The van der Waals surface area contributed by atoms with Gasteiger partial charge in [-0.15, -0.1) is 11.3 Å². The third-order valence-electron chi connectivity index (χ3n) is 2.90. The Balaban J connectivity index is 2.13. The van der Waals surface area contributed by atoms with Gasteiger partial charge in [-0.2, -0.15) is 0 Å². The minimum Gasteiger partial charge on any atom is -0.330 e. The number of aromatic nitrogens is 1. The van der Waals surface area contributed by atoms with Crippen molar-refractivity contribution in [1.29, 1.82) is 0 Å². The highest BCUT2D eigenvalue weighted by Gasteiger charge is 2.12. The largest absolute Gasteiger partial charge is 0.330 e. The number of carbonyl (C=O) groups excluding carboxylic acids is 1. The molecule has 1 aromatic heterocycles. The first-order valence-electron chi connectivity index (χ1n) is 6.52. The topological polar surface area (TPSA) is 56.0 Å². The van der Waals surface area contributed by atoms with Gasteiger partial charge in [0, 0.05) is 17.4 Å². The second-order valence-electron chi connectivity index (χ2n) is 4.44. The SMILES string of the molecule is CCCc1ccc(C(=O)c2csc(CCN)n2)cc1. The highest BCUT2D eigenvalue weighted by molar-refractivity contribution is 7.09. The summed E-state index contributed by atoms with van der Waals surface area (Å²) >= 11 is 1.50. The Morgan fingerprint density at radius 1 is 1.26 bits per heavy atom. The van der Waals surface area contributed by atoms with Crippen molar-refractivity contribution in [2.45, 2.75) is 26.2 Å². The summed E-state index contributed by atoms with van der Waals surface area (Å²) < 4.78 is 0.